The lowest BCUT2D eigenvalue weighted by molar-refractivity contribution is 0.131. The van der Waals surface area contributed by atoms with Crippen LogP contribution in [0.4, 0.5) is 14.9 Å². The summed E-state index contributed by atoms with van der Waals surface area (Å²) < 4.78 is 14.1. The normalized spacial score (nSPS) is 14.5. The van der Waals surface area contributed by atoms with E-state index in [4.69, 9.17) is 0 Å². The van der Waals surface area contributed by atoms with E-state index in [-0.39, 0.29) is 6.03 Å². The van der Waals surface area contributed by atoms with Crippen LogP contribution in [0, 0.1) is 11.7 Å². The molecule has 114 valence electrons. The summed E-state index contributed by atoms with van der Waals surface area (Å²) in [5.41, 5.74) is 1.63. The minimum atomic E-state index is -0.465. The number of anilines is 1. The number of carbonyl (C=O) groups excluding carboxylic acids is 1. The maximum absolute atomic E-state index is 13.0. The molecule has 2 aromatic rings. The second kappa shape index (κ2) is 6.44. The Morgan fingerprint density at radius 3 is 2.86 bits per heavy atom. The number of rotatable bonds is 3. The number of likely N-dealkylation sites (tertiary alicyclic amines) is 1. The predicted molar refractivity (Wildman–Crippen MR) is 86.1 cm³/mol. The molecule has 2 heterocycles. The molecule has 3 rings (SSSR count). The summed E-state index contributed by atoms with van der Waals surface area (Å²) in [6, 6.07) is 9.15. The molecule has 1 aromatic heterocycles. The van der Waals surface area contributed by atoms with Crippen molar-refractivity contribution in [3.8, 4) is 0 Å². The Morgan fingerprint density at radius 2 is 2.14 bits per heavy atom. The first-order valence-corrected chi connectivity index (χ1v) is 7.81. The number of amides is 2. The van der Waals surface area contributed by atoms with E-state index in [1.54, 1.807) is 4.90 Å². The first kappa shape index (κ1) is 15.0. The number of urea groups is 1. The average Bonchev–Trinajstić information content (AvgIpc) is 2.44. The predicted octanol–water partition coefficient (Wildman–Crippen LogP) is 3.69. The molecule has 22 heavy (non-hydrogen) atoms. The van der Waals surface area contributed by atoms with Gasteiger partial charge in [0, 0.05) is 23.6 Å². The molecule has 2 amide bonds. The van der Waals surface area contributed by atoms with Crippen molar-refractivity contribution in [2.45, 2.75) is 6.42 Å². The van der Waals surface area contributed by atoms with Crippen LogP contribution < -0.4 is 5.32 Å². The fourth-order valence-electron chi connectivity index (χ4n) is 2.52. The monoisotopic (exact) mass is 363 g/mol. The molecule has 0 saturated carbocycles. The summed E-state index contributed by atoms with van der Waals surface area (Å²) in [4.78, 5) is 17.4. The van der Waals surface area contributed by atoms with E-state index in [0.717, 1.165) is 17.1 Å². The molecule has 1 fully saturated rings. The summed E-state index contributed by atoms with van der Waals surface area (Å²) in [5, 5.41) is 2.66. The number of halogens is 2. The van der Waals surface area contributed by atoms with Gasteiger partial charge in [-0.15, -0.1) is 0 Å². The molecule has 1 N–H and O–H groups in total. The van der Waals surface area contributed by atoms with Gasteiger partial charge < -0.3 is 10.2 Å². The van der Waals surface area contributed by atoms with Crippen LogP contribution in [-0.4, -0.2) is 29.0 Å². The van der Waals surface area contributed by atoms with Crippen molar-refractivity contribution in [1.82, 2.24) is 9.88 Å². The summed E-state index contributed by atoms with van der Waals surface area (Å²) in [5.74, 6) is -0.0108. The highest BCUT2D eigenvalue weighted by Crippen LogP contribution is 2.25. The lowest BCUT2D eigenvalue weighted by Crippen LogP contribution is -2.52. The summed E-state index contributed by atoms with van der Waals surface area (Å²) in [7, 11) is 0. The average molecular weight is 364 g/mol. The first-order chi connectivity index (χ1) is 10.6. The number of carbonyl (C=O) groups is 1. The van der Waals surface area contributed by atoms with Crippen LogP contribution in [0.15, 0.2) is 47.2 Å². The van der Waals surface area contributed by atoms with Crippen molar-refractivity contribution in [2.75, 3.05) is 18.4 Å². The van der Waals surface area contributed by atoms with Crippen molar-refractivity contribution in [3.05, 3.63) is 58.6 Å². The maximum Gasteiger partial charge on any atom is 0.321 e. The Hall–Kier alpha value is -1.95. The first-order valence-electron chi connectivity index (χ1n) is 7.01. The zero-order valence-electron chi connectivity index (χ0n) is 11.8. The standard InChI is InChI=1S/C16H15BrFN3O/c17-15-4-2-1-3-12(15)5-11-9-21(10-11)16(22)20-14-6-13(18)7-19-8-14/h1-4,6-8,11H,5,9-10H2,(H,20,22). The van der Waals surface area contributed by atoms with E-state index in [2.05, 4.69) is 32.3 Å². The van der Waals surface area contributed by atoms with Crippen molar-refractivity contribution in [3.63, 3.8) is 0 Å². The van der Waals surface area contributed by atoms with Gasteiger partial charge in [-0.3, -0.25) is 4.98 Å². The van der Waals surface area contributed by atoms with E-state index < -0.39 is 5.82 Å². The van der Waals surface area contributed by atoms with Crippen LogP contribution in [0.3, 0.4) is 0 Å². The largest absolute Gasteiger partial charge is 0.324 e. The Morgan fingerprint density at radius 1 is 1.36 bits per heavy atom. The van der Waals surface area contributed by atoms with Gasteiger partial charge in [0.1, 0.15) is 5.82 Å². The molecule has 0 spiro atoms. The van der Waals surface area contributed by atoms with E-state index in [9.17, 15) is 9.18 Å². The van der Waals surface area contributed by atoms with Crippen LogP contribution in [-0.2, 0) is 6.42 Å². The van der Waals surface area contributed by atoms with Crippen LogP contribution >= 0.6 is 15.9 Å². The minimum Gasteiger partial charge on any atom is -0.324 e. The number of pyridine rings is 1. The third kappa shape index (κ3) is 3.44. The lowest BCUT2D eigenvalue weighted by Gasteiger charge is -2.39. The smallest absolute Gasteiger partial charge is 0.321 e. The minimum absolute atomic E-state index is 0.212. The molecule has 4 nitrogen and oxygen atoms in total. The number of hydrogen-bond donors (Lipinski definition) is 1. The van der Waals surface area contributed by atoms with Gasteiger partial charge in [-0.1, -0.05) is 34.1 Å². The zero-order valence-corrected chi connectivity index (χ0v) is 13.4. The number of nitrogens with zero attached hydrogens (tertiary/aromatic N) is 2. The van der Waals surface area contributed by atoms with Crippen LogP contribution in [0.2, 0.25) is 0 Å². The van der Waals surface area contributed by atoms with E-state index in [1.165, 1.54) is 17.8 Å². The van der Waals surface area contributed by atoms with E-state index >= 15 is 0 Å². The number of hydrogen-bond acceptors (Lipinski definition) is 2. The second-order valence-electron chi connectivity index (χ2n) is 5.39. The van der Waals surface area contributed by atoms with Crippen LogP contribution in [0.1, 0.15) is 5.56 Å². The topological polar surface area (TPSA) is 45.2 Å². The molecule has 0 unspecified atom stereocenters. The summed E-state index contributed by atoms with van der Waals surface area (Å²) >= 11 is 3.54. The third-order valence-electron chi connectivity index (χ3n) is 3.67. The fraction of sp³-hybridized carbons (Fsp3) is 0.250. The van der Waals surface area contributed by atoms with Crippen LogP contribution in [0.25, 0.3) is 0 Å². The quantitative estimate of drug-likeness (QED) is 0.903. The number of benzene rings is 1. The van der Waals surface area contributed by atoms with Crippen molar-refractivity contribution < 1.29 is 9.18 Å². The third-order valence-corrected chi connectivity index (χ3v) is 4.44. The van der Waals surface area contributed by atoms with Gasteiger partial charge >= 0.3 is 6.03 Å². The maximum atomic E-state index is 13.0. The molecule has 1 saturated heterocycles. The fourth-order valence-corrected chi connectivity index (χ4v) is 2.97. The second-order valence-corrected chi connectivity index (χ2v) is 6.24. The van der Waals surface area contributed by atoms with E-state index in [0.29, 0.717) is 24.7 Å². The van der Waals surface area contributed by atoms with Crippen molar-refractivity contribution in [2.24, 2.45) is 5.92 Å². The molecule has 1 aliphatic heterocycles. The van der Waals surface area contributed by atoms with Gasteiger partial charge in [-0.2, -0.15) is 0 Å². The highest BCUT2D eigenvalue weighted by Gasteiger charge is 2.31. The SMILES string of the molecule is O=C(Nc1cncc(F)c1)N1CC(Cc2ccccc2Br)C1. The molecule has 1 aromatic carbocycles. The van der Waals surface area contributed by atoms with Gasteiger partial charge in [-0.05, 0) is 24.0 Å². The molecule has 0 radical (unpaired) electrons. The Kier molecular flexibility index (Phi) is 4.38. The van der Waals surface area contributed by atoms with Gasteiger partial charge in [0.15, 0.2) is 0 Å². The molecule has 0 bridgehead atoms. The summed E-state index contributed by atoms with van der Waals surface area (Å²) in [6.45, 7) is 1.41. The van der Waals surface area contributed by atoms with Gasteiger partial charge in [0.25, 0.3) is 0 Å². The highest BCUT2D eigenvalue weighted by atomic mass is 79.9. The molecule has 0 atom stereocenters. The van der Waals surface area contributed by atoms with Crippen molar-refractivity contribution >= 4 is 27.6 Å². The number of nitrogens with one attached hydrogen (secondary N) is 1. The molecular formula is C16H15BrFN3O. The number of aromatic nitrogens is 1. The van der Waals surface area contributed by atoms with Gasteiger partial charge in [0.2, 0.25) is 0 Å². The Bertz CT molecular complexity index is 689. The molecular weight excluding hydrogens is 349 g/mol. The Balaban J connectivity index is 1.51. The molecule has 1 aliphatic rings. The molecule has 0 aliphatic carbocycles. The van der Waals surface area contributed by atoms with Gasteiger partial charge in [-0.25, -0.2) is 9.18 Å². The molecule has 6 heteroatoms. The lowest BCUT2D eigenvalue weighted by atomic mass is 9.92. The van der Waals surface area contributed by atoms with E-state index in [1.807, 2.05) is 18.2 Å². The van der Waals surface area contributed by atoms with Crippen molar-refractivity contribution in [1.29, 1.82) is 0 Å². The highest BCUT2D eigenvalue weighted by molar-refractivity contribution is 9.10. The summed E-state index contributed by atoms with van der Waals surface area (Å²) in [6.07, 6.45) is 3.47. The van der Waals surface area contributed by atoms with Gasteiger partial charge in [0.05, 0.1) is 18.1 Å². The van der Waals surface area contributed by atoms with Crippen LogP contribution in [0.5, 0.6) is 0 Å². The Labute approximate surface area is 136 Å². The zero-order chi connectivity index (χ0) is 15.5.